The molecular formula is C21H16BrClN2O3. The number of hydrazone groups is 1. The quantitative estimate of drug-likeness (QED) is 0.395. The highest BCUT2D eigenvalue weighted by Crippen LogP contribution is 2.24. The zero-order chi connectivity index (χ0) is 19.9. The van der Waals surface area contributed by atoms with Gasteiger partial charge < -0.3 is 9.84 Å². The highest BCUT2D eigenvalue weighted by molar-refractivity contribution is 9.10. The average molecular weight is 460 g/mol. The predicted molar refractivity (Wildman–Crippen MR) is 113 cm³/mol. The van der Waals surface area contributed by atoms with Gasteiger partial charge in [-0.2, -0.15) is 5.10 Å². The maximum atomic E-state index is 12.5. The molecule has 0 saturated carbocycles. The van der Waals surface area contributed by atoms with Crippen molar-refractivity contribution < 1.29 is 14.6 Å². The Morgan fingerprint density at radius 3 is 2.68 bits per heavy atom. The molecule has 0 bridgehead atoms. The summed E-state index contributed by atoms with van der Waals surface area (Å²) < 4.78 is 6.33. The number of rotatable bonds is 6. The van der Waals surface area contributed by atoms with Gasteiger partial charge >= 0.3 is 0 Å². The lowest BCUT2D eigenvalue weighted by molar-refractivity contribution is 0.0950. The first kappa shape index (κ1) is 19.9. The summed E-state index contributed by atoms with van der Waals surface area (Å²) >= 11 is 9.37. The summed E-state index contributed by atoms with van der Waals surface area (Å²) in [5.41, 5.74) is 4.38. The van der Waals surface area contributed by atoms with Crippen molar-refractivity contribution in [2.45, 2.75) is 6.61 Å². The average Bonchev–Trinajstić information content (AvgIpc) is 2.70. The van der Waals surface area contributed by atoms with Crippen LogP contribution in [0.15, 0.2) is 76.3 Å². The van der Waals surface area contributed by atoms with Gasteiger partial charge in [0.2, 0.25) is 0 Å². The van der Waals surface area contributed by atoms with E-state index in [2.05, 4.69) is 26.5 Å². The zero-order valence-electron chi connectivity index (χ0n) is 14.6. The van der Waals surface area contributed by atoms with Crippen LogP contribution >= 0.6 is 27.5 Å². The lowest BCUT2D eigenvalue weighted by Gasteiger charge is -2.11. The molecule has 0 unspecified atom stereocenters. The second-order valence-corrected chi connectivity index (χ2v) is 7.05. The number of carbonyl (C=O) groups excluding carboxylic acids is 1. The first-order chi connectivity index (χ1) is 13.5. The third kappa shape index (κ3) is 5.12. The molecule has 0 fully saturated rings. The molecule has 3 aromatic rings. The molecule has 0 saturated heterocycles. The molecule has 0 aliphatic carbocycles. The molecule has 0 aliphatic rings. The van der Waals surface area contributed by atoms with Crippen molar-refractivity contribution >= 4 is 39.7 Å². The summed E-state index contributed by atoms with van der Waals surface area (Å²) in [4.78, 5) is 12.5. The van der Waals surface area contributed by atoms with Crippen LogP contribution in [0.5, 0.6) is 11.5 Å². The molecule has 0 aromatic heterocycles. The van der Waals surface area contributed by atoms with Crippen LogP contribution in [0.25, 0.3) is 0 Å². The van der Waals surface area contributed by atoms with Crippen molar-refractivity contribution in [3.8, 4) is 11.5 Å². The predicted octanol–water partition coefficient (Wildman–Crippen LogP) is 5.15. The number of halogens is 2. The first-order valence-electron chi connectivity index (χ1n) is 8.32. The summed E-state index contributed by atoms with van der Waals surface area (Å²) in [5, 5.41) is 14.1. The number of para-hydroxylation sites is 1. The lowest BCUT2D eigenvalue weighted by atomic mass is 10.2. The van der Waals surface area contributed by atoms with E-state index in [9.17, 15) is 9.90 Å². The highest BCUT2D eigenvalue weighted by Gasteiger charge is 2.12. The zero-order valence-corrected chi connectivity index (χ0v) is 16.9. The number of nitrogens with zero attached hydrogens (tertiary/aromatic N) is 1. The minimum Gasteiger partial charge on any atom is -0.507 e. The summed E-state index contributed by atoms with van der Waals surface area (Å²) in [6.45, 7) is 0.245. The van der Waals surface area contributed by atoms with Crippen molar-refractivity contribution in [3.63, 3.8) is 0 Å². The first-order valence-corrected chi connectivity index (χ1v) is 9.49. The fourth-order valence-electron chi connectivity index (χ4n) is 2.38. The van der Waals surface area contributed by atoms with Crippen LogP contribution in [0.2, 0.25) is 5.02 Å². The van der Waals surface area contributed by atoms with Crippen molar-refractivity contribution in [3.05, 3.63) is 92.9 Å². The molecule has 1 amide bonds. The van der Waals surface area contributed by atoms with Crippen LogP contribution in [-0.2, 0) is 6.61 Å². The standard InChI is InChI=1S/C21H16BrClN2O3/c22-17-11-14(9-10-19(17)26)12-24-25-21(27)16-6-2-4-8-20(16)28-13-15-5-1-3-7-18(15)23/h1-12,26H,13H2,(H,25,27)/b24-12+. The maximum Gasteiger partial charge on any atom is 0.275 e. The van der Waals surface area contributed by atoms with Gasteiger partial charge in [-0.05, 0) is 57.9 Å². The Morgan fingerprint density at radius 2 is 1.89 bits per heavy atom. The van der Waals surface area contributed by atoms with Crippen LogP contribution in [0.1, 0.15) is 21.5 Å². The minimum absolute atomic E-state index is 0.130. The maximum absolute atomic E-state index is 12.5. The van der Waals surface area contributed by atoms with E-state index in [1.54, 1.807) is 42.5 Å². The number of amides is 1. The van der Waals surface area contributed by atoms with Gasteiger partial charge in [0.15, 0.2) is 0 Å². The Morgan fingerprint density at radius 1 is 1.14 bits per heavy atom. The Labute approximate surface area is 175 Å². The van der Waals surface area contributed by atoms with Gasteiger partial charge in [0.05, 0.1) is 16.3 Å². The highest BCUT2D eigenvalue weighted by atomic mass is 79.9. The van der Waals surface area contributed by atoms with Crippen LogP contribution in [-0.4, -0.2) is 17.2 Å². The topological polar surface area (TPSA) is 70.9 Å². The smallest absolute Gasteiger partial charge is 0.275 e. The lowest BCUT2D eigenvalue weighted by Crippen LogP contribution is -2.18. The number of benzene rings is 3. The largest absolute Gasteiger partial charge is 0.507 e. The number of ether oxygens (including phenoxy) is 1. The molecule has 28 heavy (non-hydrogen) atoms. The molecule has 2 N–H and O–H groups in total. The van der Waals surface area contributed by atoms with Crippen molar-refractivity contribution in [2.24, 2.45) is 5.10 Å². The molecule has 0 radical (unpaired) electrons. The van der Waals surface area contributed by atoms with Crippen molar-refractivity contribution in [1.29, 1.82) is 0 Å². The fourth-order valence-corrected chi connectivity index (χ4v) is 2.97. The van der Waals surface area contributed by atoms with Crippen molar-refractivity contribution in [1.82, 2.24) is 5.43 Å². The van der Waals surface area contributed by atoms with E-state index < -0.39 is 5.91 Å². The van der Waals surface area contributed by atoms with E-state index in [4.69, 9.17) is 16.3 Å². The summed E-state index contributed by atoms with van der Waals surface area (Å²) in [7, 11) is 0. The third-order valence-corrected chi connectivity index (χ3v) is 4.83. The van der Waals surface area contributed by atoms with Gasteiger partial charge in [0.25, 0.3) is 5.91 Å². The molecule has 5 nitrogen and oxygen atoms in total. The Hall–Kier alpha value is -2.83. The van der Waals surface area contributed by atoms with Crippen LogP contribution in [0.3, 0.4) is 0 Å². The Bertz CT molecular complexity index is 1020. The van der Waals surface area contributed by atoms with Crippen molar-refractivity contribution in [2.75, 3.05) is 0 Å². The van der Waals surface area contributed by atoms with E-state index in [1.807, 2.05) is 18.2 Å². The number of aromatic hydroxyl groups is 1. The second kappa shape index (κ2) is 9.39. The van der Waals surface area contributed by atoms with Gasteiger partial charge in [0.1, 0.15) is 18.1 Å². The van der Waals surface area contributed by atoms with Gasteiger partial charge in [-0.1, -0.05) is 41.9 Å². The number of carbonyl (C=O) groups is 1. The molecular weight excluding hydrogens is 444 g/mol. The van der Waals surface area contributed by atoms with Crippen LogP contribution < -0.4 is 10.2 Å². The molecule has 7 heteroatoms. The number of nitrogens with one attached hydrogen (secondary N) is 1. The van der Waals surface area contributed by atoms with Gasteiger partial charge in [-0.15, -0.1) is 0 Å². The van der Waals surface area contributed by atoms with E-state index in [1.165, 1.54) is 12.3 Å². The number of phenols is 1. The summed E-state index contributed by atoms with van der Waals surface area (Å²) in [5.74, 6) is 0.164. The number of hydrogen-bond donors (Lipinski definition) is 2. The number of phenolic OH excluding ortho intramolecular Hbond substituents is 1. The molecule has 0 atom stereocenters. The van der Waals surface area contributed by atoms with E-state index in [0.29, 0.717) is 26.4 Å². The van der Waals surface area contributed by atoms with E-state index in [-0.39, 0.29) is 12.4 Å². The minimum atomic E-state index is -0.399. The molecule has 3 aromatic carbocycles. The molecule has 0 heterocycles. The van der Waals surface area contributed by atoms with Crippen LogP contribution in [0, 0.1) is 0 Å². The van der Waals surface area contributed by atoms with E-state index in [0.717, 1.165) is 5.56 Å². The second-order valence-electron chi connectivity index (χ2n) is 5.79. The summed E-state index contributed by atoms with van der Waals surface area (Å²) in [6, 6.07) is 19.2. The number of hydrogen-bond acceptors (Lipinski definition) is 4. The Balaban J connectivity index is 1.67. The monoisotopic (exact) mass is 458 g/mol. The third-order valence-electron chi connectivity index (χ3n) is 3.82. The SMILES string of the molecule is O=C(N/N=C/c1ccc(O)c(Br)c1)c1ccccc1OCc1ccccc1Cl. The van der Waals surface area contributed by atoms with Gasteiger partial charge in [-0.3, -0.25) is 4.79 Å². The van der Waals surface area contributed by atoms with Crippen LogP contribution in [0.4, 0.5) is 0 Å². The molecule has 0 spiro atoms. The van der Waals surface area contributed by atoms with Gasteiger partial charge in [0, 0.05) is 10.6 Å². The normalized spacial score (nSPS) is 10.8. The Kier molecular flexibility index (Phi) is 6.68. The molecule has 3 rings (SSSR count). The fraction of sp³-hybridized carbons (Fsp3) is 0.0476. The molecule has 0 aliphatic heterocycles. The van der Waals surface area contributed by atoms with Gasteiger partial charge in [-0.25, -0.2) is 5.43 Å². The summed E-state index contributed by atoms with van der Waals surface area (Å²) in [6.07, 6.45) is 1.48. The molecule has 142 valence electrons. The van der Waals surface area contributed by atoms with E-state index >= 15 is 0 Å².